The van der Waals surface area contributed by atoms with E-state index in [9.17, 15) is 4.79 Å². The number of hydrogen-bond donors (Lipinski definition) is 1. The second-order valence-corrected chi connectivity index (χ2v) is 3.64. The highest BCUT2D eigenvalue weighted by Gasteiger charge is 2.14. The Labute approximate surface area is 74.0 Å². The van der Waals surface area contributed by atoms with Crippen LogP contribution in [-0.2, 0) is 4.79 Å². The van der Waals surface area contributed by atoms with Gasteiger partial charge in [0.05, 0.1) is 0 Å². The standard InChI is InChI=1S/C10H17NO/c1-8(2)10(12)11-9-6-4-3-5-7-9/h3-4,8-9H,5-7H2,1-2H3,(H,11,12). The van der Waals surface area contributed by atoms with E-state index in [0.29, 0.717) is 6.04 Å². The predicted octanol–water partition coefficient (Wildman–Crippen LogP) is 1.87. The van der Waals surface area contributed by atoms with Crippen LogP contribution in [0.3, 0.4) is 0 Å². The highest BCUT2D eigenvalue weighted by molar-refractivity contribution is 5.78. The molecule has 1 rings (SSSR count). The van der Waals surface area contributed by atoms with Gasteiger partial charge in [-0.25, -0.2) is 0 Å². The van der Waals surface area contributed by atoms with E-state index in [1.807, 2.05) is 13.8 Å². The maximum Gasteiger partial charge on any atom is 0.222 e. The lowest BCUT2D eigenvalue weighted by atomic mass is 10.0. The maximum atomic E-state index is 11.3. The molecule has 1 unspecified atom stereocenters. The van der Waals surface area contributed by atoms with Gasteiger partial charge >= 0.3 is 0 Å². The molecular weight excluding hydrogens is 150 g/mol. The van der Waals surface area contributed by atoms with Crippen molar-refractivity contribution in [3.8, 4) is 0 Å². The van der Waals surface area contributed by atoms with E-state index in [0.717, 1.165) is 19.3 Å². The summed E-state index contributed by atoms with van der Waals surface area (Å²) in [6.45, 7) is 3.85. The number of carbonyl (C=O) groups is 1. The molecule has 12 heavy (non-hydrogen) atoms. The fraction of sp³-hybridized carbons (Fsp3) is 0.700. The van der Waals surface area contributed by atoms with Crippen LogP contribution in [0, 0.1) is 5.92 Å². The van der Waals surface area contributed by atoms with Gasteiger partial charge in [-0.2, -0.15) is 0 Å². The smallest absolute Gasteiger partial charge is 0.222 e. The third-order valence-electron chi connectivity index (χ3n) is 2.14. The van der Waals surface area contributed by atoms with Gasteiger partial charge in [0.1, 0.15) is 0 Å². The first kappa shape index (κ1) is 9.30. The summed E-state index contributed by atoms with van der Waals surface area (Å²) in [4.78, 5) is 11.3. The normalized spacial score (nSPS) is 22.8. The van der Waals surface area contributed by atoms with Gasteiger partial charge in [-0.05, 0) is 19.3 Å². The van der Waals surface area contributed by atoms with E-state index in [4.69, 9.17) is 0 Å². The summed E-state index contributed by atoms with van der Waals surface area (Å²) in [5, 5.41) is 3.03. The van der Waals surface area contributed by atoms with Gasteiger partial charge in [0, 0.05) is 12.0 Å². The second kappa shape index (κ2) is 4.29. The first-order valence-electron chi connectivity index (χ1n) is 4.65. The molecule has 1 amide bonds. The van der Waals surface area contributed by atoms with E-state index in [2.05, 4.69) is 17.5 Å². The van der Waals surface area contributed by atoms with Crippen LogP contribution < -0.4 is 5.32 Å². The van der Waals surface area contributed by atoms with Gasteiger partial charge < -0.3 is 5.32 Å². The molecular formula is C10H17NO. The number of hydrogen-bond acceptors (Lipinski definition) is 1. The Morgan fingerprint density at radius 3 is 2.75 bits per heavy atom. The van der Waals surface area contributed by atoms with Crippen LogP contribution in [0.4, 0.5) is 0 Å². The Kier molecular flexibility index (Phi) is 3.32. The average Bonchev–Trinajstić information content (AvgIpc) is 2.06. The lowest BCUT2D eigenvalue weighted by molar-refractivity contribution is -0.124. The number of amides is 1. The zero-order valence-electron chi connectivity index (χ0n) is 7.84. The van der Waals surface area contributed by atoms with E-state index in [-0.39, 0.29) is 11.8 Å². The third-order valence-corrected chi connectivity index (χ3v) is 2.14. The van der Waals surface area contributed by atoms with Crippen LogP contribution >= 0.6 is 0 Å². The molecule has 0 bridgehead atoms. The largest absolute Gasteiger partial charge is 0.353 e. The molecule has 0 aromatic heterocycles. The lowest BCUT2D eigenvalue weighted by Gasteiger charge is -2.20. The first-order chi connectivity index (χ1) is 5.70. The molecule has 0 radical (unpaired) electrons. The summed E-state index contributed by atoms with van der Waals surface area (Å²) in [6, 6.07) is 0.380. The number of nitrogens with one attached hydrogen (secondary N) is 1. The summed E-state index contributed by atoms with van der Waals surface area (Å²) in [5.74, 6) is 0.284. The first-order valence-corrected chi connectivity index (χ1v) is 4.65. The lowest BCUT2D eigenvalue weighted by Crippen LogP contribution is -2.37. The molecule has 0 saturated heterocycles. The van der Waals surface area contributed by atoms with Crippen LogP contribution in [0.15, 0.2) is 12.2 Å². The third kappa shape index (κ3) is 2.68. The monoisotopic (exact) mass is 167 g/mol. The number of carbonyl (C=O) groups excluding carboxylic acids is 1. The average molecular weight is 167 g/mol. The fourth-order valence-electron chi connectivity index (χ4n) is 1.29. The minimum atomic E-state index is 0.107. The SMILES string of the molecule is CC(C)C(=O)NC1CC=CCC1. The molecule has 0 spiro atoms. The van der Waals surface area contributed by atoms with E-state index >= 15 is 0 Å². The molecule has 2 heteroatoms. The Morgan fingerprint density at radius 1 is 1.50 bits per heavy atom. The van der Waals surface area contributed by atoms with Gasteiger partial charge in [0.25, 0.3) is 0 Å². The van der Waals surface area contributed by atoms with Gasteiger partial charge in [0.2, 0.25) is 5.91 Å². The molecule has 0 heterocycles. The molecule has 0 fully saturated rings. The van der Waals surface area contributed by atoms with Crippen LogP contribution in [0.5, 0.6) is 0 Å². The van der Waals surface area contributed by atoms with Crippen molar-refractivity contribution in [3.63, 3.8) is 0 Å². The molecule has 1 atom stereocenters. The van der Waals surface area contributed by atoms with Crippen molar-refractivity contribution in [2.24, 2.45) is 5.92 Å². The molecule has 0 aromatic carbocycles. The summed E-state index contributed by atoms with van der Waals surface area (Å²) in [5.41, 5.74) is 0. The quantitative estimate of drug-likeness (QED) is 0.625. The van der Waals surface area contributed by atoms with Crippen LogP contribution in [0.2, 0.25) is 0 Å². The van der Waals surface area contributed by atoms with Crippen molar-refractivity contribution in [1.82, 2.24) is 5.32 Å². The van der Waals surface area contributed by atoms with Gasteiger partial charge in [0.15, 0.2) is 0 Å². The van der Waals surface area contributed by atoms with Crippen molar-refractivity contribution in [2.75, 3.05) is 0 Å². The molecule has 1 aliphatic rings. The second-order valence-electron chi connectivity index (χ2n) is 3.64. The minimum absolute atomic E-state index is 0.107. The number of rotatable bonds is 2. The topological polar surface area (TPSA) is 29.1 Å². The Balaban J connectivity index is 2.31. The summed E-state index contributed by atoms with van der Waals surface area (Å²) in [7, 11) is 0. The zero-order valence-corrected chi connectivity index (χ0v) is 7.84. The van der Waals surface area contributed by atoms with Gasteiger partial charge in [-0.3, -0.25) is 4.79 Å². The fourth-order valence-corrected chi connectivity index (χ4v) is 1.29. The molecule has 1 N–H and O–H groups in total. The van der Waals surface area contributed by atoms with Crippen molar-refractivity contribution in [3.05, 3.63) is 12.2 Å². The highest BCUT2D eigenvalue weighted by atomic mass is 16.1. The molecule has 0 saturated carbocycles. The van der Waals surface area contributed by atoms with Crippen molar-refractivity contribution < 1.29 is 4.79 Å². The van der Waals surface area contributed by atoms with Crippen LogP contribution in [0.25, 0.3) is 0 Å². The maximum absolute atomic E-state index is 11.3. The van der Waals surface area contributed by atoms with Crippen molar-refractivity contribution in [2.45, 2.75) is 39.2 Å². The molecule has 0 aromatic rings. The minimum Gasteiger partial charge on any atom is -0.353 e. The van der Waals surface area contributed by atoms with Crippen molar-refractivity contribution in [1.29, 1.82) is 0 Å². The van der Waals surface area contributed by atoms with Gasteiger partial charge in [-0.1, -0.05) is 26.0 Å². The van der Waals surface area contributed by atoms with E-state index in [1.54, 1.807) is 0 Å². The zero-order chi connectivity index (χ0) is 8.97. The Hall–Kier alpha value is -0.790. The molecule has 1 aliphatic carbocycles. The van der Waals surface area contributed by atoms with E-state index < -0.39 is 0 Å². The highest BCUT2D eigenvalue weighted by Crippen LogP contribution is 2.10. The molecule has 68 valence electrons. The van der Waals surface area contributed by atoms with Crippen LogP contribution in [-0.4, -0.2) is 11.9 Å². The summed E-state index contributed by atoms with van der Waals surface area (Å²) in [6.07, 6.45) is 7.52. The summed E-state index contributed by atoms with van der Waals surface area (Å²) < 4.78 is 0. The molecule has 0 aliphatic heterocycles. The number of allylic oxidation sites excluding steroid dienone is 1. The van der Waals surface area contributed by atoms with Crippen molar-refractivity contribution >= 4 is 5.91 Å². The summed E-state index contributed by atoms with van der Waals surface area (Å²) >= 11 is 0. The molecule has 2 nitrogen and oxygen atoms in total. The van der Waals surface area contributed by atoms with Crippen LogP contribution in [0.1, 0.15) is 33.1 Å². The Bertz CT molecular complexity index is 184. The van der Waals surface area contributed by atoms with Gasteiger partial charge in [-0.15, -0.1) is 0 Å². The van der Waals surface area contributed by atoms with E-state index in [1.165, 1.54) is 0 Å². The predicted molar refractivity (Wildman–Crippen MR) is 49.8 cm³/mol. The Morgan fingerprint density at radius 2 is 2.25 bits per heavy atom.